The van der Waals surface area contributed by atoms with Crippen molar-refractivity contribution in [3.8, 4) is 0 Å². The van der Waals surface area contributed by atoms with Crippen LogP contribution < -0.4 is 0 Å². The van der Waals surface area contributed by atoms with Gasteiger partial charge in [-0.1, -0.05) is 30.4 Å². The molecule has 0 unspecified atom stereocenters. The molecule has 0 aromatic heterocycles. The molecule has 1 aromatic carbocycles. The zero-order valence-electron chi connectivity index (χ0n) is 9.28. The molecule has 1 aliphatic carbocycles. The second-order valence-electron chi connectivity index (χ2n) is 3.64. The summed E-state index contributed by atoms with van der Waals surface area (Å²) in [5.41, 5.74) is 0. The Hall–Kier alpha value is -1.66. The van der Waals surface area contributed by atoms with Crippen LogP contribution in [0.15, 0.2) is 58.4 Å². The van der Waals surface area contributed by atoms with E-state index in [4.69, 9.17) is 0 Å². The van der Waals surface area contributed by atoms with Crippen molar-refractivity contribution >= 4 is 25.0 Å². The van der Waals surface area contributed by atoms with Crippen LogP contribution in [-0.2, 0) is 20.1 Å². The summed E-state index contributed by atoms with van der Waals surface area (Å²) in [7, 11) is -6.31. The fourth-order valence-electron chi connectivity index (χ4n) is 1.64. The number of benzene rings is 1. The van der Waals surface area contributed by atoms with Gasteiger partial charge in [0.1, 0.15) is 0 Å². The molecule has 0 saturated heterocycles. The summed E-state index contributed by atoms with van der Waals surface area (Å²) in [5, 5.41) is 0. The van der Waals surface area contributed by atoms with Crippen LogP contribution in [0.1, 0.15) is 6.42 Å². The highest BCUT2D eigenvalue weighted by molar-refractivity contribution is 7.97. The van der Waals surface area contributed by atoms with Gasteiger partial charge in [-0.05, 0) is 18.2 Å². The molecule has 4 nitrogen and oxygen atoms in total. The predicted octanol–water partition coefficient (Wildman–Crippen LogP) is 1.36. The second-order valence-corrected chi connectivity index (χ2v) is 6.52. The molecule has 0 atom stereocenters. The van der Waals surface area contributed by atoms with Crippen molar-refractivity contribution in [1.82, 2.24) is 0 Å². The van der Waals surface area contributed by atoms with Crippen molar-refractivity contribution in [3.05, 3.63) is 53.5 Å². The summed E-state index contributed by atoms with van der Waals surface area (Å²) in [4.78, 5) is -0.152. The molecule has 18 heavy (non-hydrogen) atoms. The summed E-state index contributed by atoms with van der Waals surface area (Å²) in [6, 6.07) is 7.78. The van der Waals surface area contributed by atoms with Crippen molar-refractivity contribution < 1.29 is 16.8 Å². The average molecular weight is 282 g/mol. The van der Waals surface area contributed by atoms with E-state index in [9.17, 15) is 16.8 Å². The van der Waals surface area contributed by atoms with Gasteiger partial charge >= 0.3 is 0 Å². The van der Waals surface area contributed by atoms with E-state index in [0.717, 1.165) is 0 Å². The Morgan fingerprint density at radius 3 is 2.33 bits per heavy atom. The molecule has 94 valence electrons. The highest BCUT2D eigenvalue weighted by Crippen LogP contribution is 2.23. The second kappa shape index (κ2) is 4.91. The van der Waals surface area contributed by atoms with E-state index in [0.29, 0.717) is 0 Å². The Morgan fingerprint density at radius 1 is 1.06 bits per heavy atom. The van der Waals surface area contributed by atoms with Gasteiger partial charge in [0.05, 0.1) is 14.7 Å². The third-order valence-corrected chi connectivity index (χ3v) is 5.28. The topological polar surface area (TPSA) is 68.3 Å². The van der Waals surface area contributed by atoms with E-state index in [1.807, 2.05) is 0 Å². The molecule has 1 aromatic rings. The van der Waals surface area contributed by atoms with Gasteiger partial charge in [-0.25, -0.2) is 8.42 Å². The molecule has 6 heteroatoms. The molecular weight excluding hydrogens is 272 g/mol. The molecule has 0 radical (unpaired) electrons. The molecule has 0 fully saturated rings. The minimum absolute atomic E-state index is 0.0921. The Kier molecular flexibility index (Phi) is 3.49. The fraction of sp³-hybridized carbons (Fsp3) is 0.0833. The van der Waals surface area contributed by atoms with Crippen LogP contribution in [-0.4, -0.2) is 21.7 Å². The van der Waals surface area contributed by atoms with E-state index in [1.165, 1.54) is 18.2 Å². The van der Waals surface area contributed by atoms with Gasteiger partial charge in [0, 0.05) is 6.42 Å². The lowest BCUT2D eigenvalue weighted by Crippen LogP contribution is -2.16. The zero-order valence-corrected chi connectivity index (χ0v) is 10.9. The normalized spacial score (nSPS) is 15.3. The van der Waals surface area contributed by atoms with Gasteiger partial charge in [-0.3, -0.25) is 0 Å². The van der Waals surface area contributed by atoms with Crippen molar-refractivity contribution in [3.63, 3.8) is 0 Å². The highest BCUT2D eigenvalue weighted by atomic mass is 32.2. The summed E-state index contributed by atoms with van der Waals surface area (Å²) in [6.45, 7) is 0. The maximum absolute atomic E-state index is 12.3. The molecule has 2 rings (SSSR count). The molecule has 0 saturated carbocycles. The monoisotopic (exact) mass is 282 g/mol. The zero-order chi connectivity index (χ0) is 13.2. The molecule has 0 heterocycles. The van der Waals surface area contributed by atoms with Gasteiger partial charge < -0.3 is 0 Å². The first kappa shape index (κ1) is 12.8. The number of sulfone groups is 1. The highest BCUT2D eigenvalue weighted by Gasteiger charge is 2.26. The van der Waals surface area contributed by atoms with Gasteiger partial charge in [-0.15, -0.1) is 0 Å². The SMILES string of the molecule is O=S(=O)=C1CC=CC=C1S(=O)(=O)c1ccccc1. The van der Waals surface area contributed by atoms with Crippen LogP contribution in [0.5, 0.6) is 0 Å². The number of rotatable bonds is 2. The number of hydrogen-bond donors (Lipinski definition) is 0. The van der Waals surface area contributed by atoms with Crippen LogP contribution >= 0.6 is 0 Å². The smallest absolute Gasteiger partial charge is 0.218 e. The first-order chi connectivity index (χ1) is 8.53. The Bertz CT molecular complexity index is 744. The third kappa shape index (κ3) is 2.30. The molecule has 1 aliphatic rings. The minimum atomic E-state index is -3.78. The Balaban J connectivity index is 2.65. The van der Waals surface area contributed by atoms with Gasteiger partial charge in [0.15, 0.2) is 0 Å². The first-order valence-electron chi connectivity index (χ1n) is 5.16. The van der Waals surface area contributed by atoms with Crippen molar-refractivity contribution in [2.45, 2.75) is 11.3 Å². The van der Waals surface area contributed by atoms with E-state index < -0.39 is 20.1 Å². The molecule has 0 N–H and O–H groups in total. The van der Waals surface area contributed by atoms with Crippen molar-refractivity contribution in [2.24, 2.45) is 0 Å². The van der Waals surface area contributed by atoms with Gasteiger partial charge in [0.2, 0.25) is 20.1 Å². The lowest BCUT2D eigenvalue weighted by molar-refractivity contribution is 0.603. The largest absolute Gasteiger partial charge is 0.218 e. The Morgan fingerprint density at radius 2 is 1.72 bits per heavy atom. The van der Waals surface area contributed by atoms with Crippen molar-refractivity contribution in [1.29, 1.82) is 0 Å². The molecular formula is C12H10O4S2. The van der Waals surface area contributed by atoms with E-state index in [1.54, 1.807) is 30.4 Å². The molecule has 0 aliphatic heterocycles. The van der Waals surface area contributed by atoms with Crippen LogP contribution in [0.4, 0.5) is 0 Å². The van der Waals surface area contributed by atoms with Crippen LogP contribution in [0.25, 0.3) is 0 Å². The lowest BCUT2D eigenvalue weighted by Gasteiger charge is -2.10. The summed E-state index contributed by atoms with van der Waals surface area (Å²) >= 11 is 0. The summed E-state index contributed by atoms with van der Waals surface area (Å²) in [6.07, 6.45) is 4.58. The summed E-state index contributed by atoms with van der Waals surface area (Å²) in [5.74, 6) is 0. The van der Waals surface area contributed by atoms with Crippen LogP contribution in [0.3, 0.4) is 0 Å². The van der Waals surface area contributed by atoms with Gasteiger partial charge in [0.25, 0.3) is 0 Å². The third-order valence-electron chi connectivity index (χ3n) is 2.51. The summed E-state index contributed by atoms with van der Waals surface area (Å²) < 4.78 is 46.7. The quantitative estimate of drug-likeness (QED) is 0.768. The van der Waals surface area contributed by atoms with Crippen LogP contribution in [0.2, 0.25) is 0 Å². The van der Waals surface area contributed by atoms with Crippen LogP contribution in [0, 0.1) is 0 Å². The number of allylic oxidation sites excluding steroid dienone is 4. The predicted molar refractivity (Wildman–Crippen MR) is 69.4 cm³/mol. The molecule has 0 amide bonds. The molecule has 0 spiro atoms. The standard InChI is InChI=1S/C12H10O4S2/c13-17(14)11-8-4-5-9-12(11)18(15,16)10-6-2-1-3-7-10/h1-7,9H,8H2. The maximum atomic E-state index is 12.3. The van der Waals surface area contributed by atoms with Gasteiger partial charge in [-0.2, -0.15) is 8.42 Å². The Labute approximate surface area is 107 Å². The lowest BCUT2D eigenvalue weighted by atomic mass is 10.2. The van der Waals surface area contributed by atoms with Crippen molar-refractivity contribution in [2.75, 3.05) is 0 Å². The maximum Gasteiger partial charge on any atom is 0.218 e. The fourth-order valence-corrected chi connectivity index (χ4v) is 4.05. The molecule has 0 bridgehead atoms. The first-order valence-corrected chi connectivity index (χ1v) is 7.71. The number of hydrogen-bond acceptors (Lipinski definition) is 4. The van der Waals surface area contributed by atoms with E-state index in [-0.39, 0.29) is 21.1 Å². The minimum Gasteiger partial charge on any atom is -0.218 e. The van der Waals surface area contributed by atoms with E-state index in [2.05, 4.69) is 0 Å². The van der Waals surface area contributed by atoms with E-state index >= 15 is 0 Å². The average Bonchev–Trinajstić information content (AvgIpc) is 2.39.